The quantitative estimate of drug-likeness (QED) is 0.670. The first-order valence-corrected chi connectivity index (χ1v) is 11.7. The maximum Gasteiger partial charge on any atom is 0.322 e. The molecule has 2 aromatic rings. The van der Waals surface area contributed by atoms with Gasteiger partial charge in [-0.2, -0.15) is 0 Å². The average Bonchev–Trinajstić information content (AvgIpc) is 3.15. The summed E-state index contributed by atoms with van der Waals surface area (Å²) in [6.07, 6.45) is 2.27. The zero-order valence-electron chi connectivity index (χ0n) is 18.4. The molecule has 2 atom stereocenters. The fraction of sp³-hybridized carbons (Fsp3) is 0.417. The summed E-state index contributed by atoms with van der Waals surface area (Å²) >= 11 is 3.39. The number of amides is 3. The lowest BCUT2D eigenvalue weighted by molar-refractivity contribution is -0.119. The van der Waals surface area contributed by atoms with Gasteiger partial charge in [-0.25, -0.2) is 4.79 Å². The number of likely N-dealkylation sites (tertiary alicyclic amines) is 1. The van der Waals surface area contributed by atoms with Gasteiger partial charge in [-0.05, 0) is 67.4 Å². The van der Waals surface area contributed by atoms with Crippen molar-refractivity contribution < 1.29 is 14.3 Å². The number of nitrogens with zero attached hydrogens (tertiary/aromatic N) is 2. The van der Waals surface area contributed by atoms with Gasteiger partial charge in [-0.1, -0.05) is 22.0 Å². The third kappa shape index (κ3) is 5.31. The van der Waals surface area contributed by atoms with Crippen LogP contribution in [0, 0.1) is 0 Å². The Morgan fingerprint density at radius 3 is 2.41 bits per heavy atom. The molecule has 1 saturated heterocycles. The van der Waals surface area contributed by atoms with Gasteiger partial charge >= 0.3 is 6.03 Å². The summed E-state index contributed by atoms with van der Waals surface area (Å²) in [4.78, 5) is 30.0. The molecule has 2 aliphatic rings. The van der Waals surface area contributed by atoms with Crippen molar-refractivity contribution in [3.05, 3.63) is 58.1 Å². The smallest absolute Gasteiger partial charge is 0.322 e. The SMILES string of the molecule is CO[C@@H]1C[C@H](C(=O)Nc2ccc3c(c2)CCN(C)CC3)N(C(=O)Nc2ccc(Br)cc2)C1. The van der Waals surface area contributed by atoms with Gasteiger partial charge in [0.05, 0.1) is 6.10 Å². The van der Waals surface area contributed by atoms with Crippen LogP contribution in [0.1, 0.15) is 17.5 Å². The summed E-state index contributed by atoms with van der Waals surface area (Å²) < 4.78 is 6.41. The number of hydrogen-bond acceptors (Lipinski definition) is 4. The van der Waals surface area contributed by atoms with Gasteiger partial charge in [0.15, 0.2) is 0 Å². The van der Waals surface area contributed by atoms with Gasteiger partial charge in [0.2, 0.25) is 5.91 Å². The number of carbonyl (C=O) groups excluding carboxylic acids is 2. The number of rotatable bonds is 4. The highest BCUT2D eigenvalue weighted by molar-refractivity contribution is 9.10. The third-order valence-electron chi connectivity index (χ3n) is 6.25. The molecule has 2 heterocycles. The van der Waals surface area contributed by atoms with E-state index in [1.807, 2.05) is 30.3 Å². The molecule has 0 saturated carbocycles. The van der Waals surface area contributed by atoms with Crippen LogP contribution in [-0.2, 0) is 22.4 Å². The van der Waals surface area contributed by atoms with Crippen molar-refractivity contribution in [3.8, 4) is 0 Å². The first-order chi connectivity index (χ1) is 15.4. The normalized spacial score (nSPS) is 21.0. The Hall–Kier alpha value is -2.42. The maximum atomic E-state index is 13.2. The molecule has 2 N–H and O–H groups in total. The summed E-state index contributed by atoms with van der Waals surface area (Å²) in [6, 6.07) is 12.6. The number of halogens is 1. The molecular weight excluding hydrogens is 472 g/mol. The summed E-state index contributed by atoms with van der Waals surface area (Å²) in [5, 5.41) is 5.91. The van der Waals surface area contributed by atoms with E-state index in [0.29, 0.717) is 18.7 Å². The number of nitrogens with one attached hydrogen (secondary N) is 2. The van der Waals surface area contributed by atoms with Crippen molar-refractivity contribution in [1.29, 1.82) is 0 Å². The van der Waals surface area contributed by atoms with Crippen molar-refractivity contribution in [1.82, 2.24) is 9.80 Å². The minimum atomic E-state index is -0.597. The lowest BCUT2D eigenvalue weighted by Crippen LogP contribution is -2.45. The number of urea groups is 1. The van der Waals surface area contributed by atoms with Crippen molar-refractivity contribution in [2.45, 2.75) is 31.4 Å². The molecule has 0 spiro atoms. The van der Waals surface area contributed by atoms with Crippen LogP contribution in [0.5, 0.6) is 0 Å². The molecule has 0 unspecified atom stereocenters. The second-order valence-corrected chi connectivity index (χ2v) is 9.39. The highest BCUT2D eigenvalue weighted by atomic mass is 79.9. The van der Waals surface area contributed by atoms with Gasteiger partial charge in [0.25, 0.3) is 0 Å². The van der Waals surface area contributed by atoms with Gasteiger partial charge in [0, 0.05) is 49.0 Å². The number of hydrogen-bond donors (Lipinski definition) is 2. The molecule has 4 rings (SSSR count). The van der Waals surface area contributed by atoms with Crippen molar-refractivity contribution in [2.24, 2.45) is 0 Å². The van der Waals surface area contributed by atoms with E-state index in [2.05, 4.69) is 50.6 Å². The molecule has 0 aromatic heterocycles. The fourth-order valence-electron chi connectivity index (χ4n) is 4.31. The van der Waals surface area contributed by atoms with Crippen LogP contribution in [0.2, 0.25) is 0 Å². The van der Waals surface area contributed by atoms with Crippen LogP contribution >= 0.6 is 15.9 Å². The monoisotopic (exact) mass is 500 g/mol. The zero-order chi connectivity index (χ0) is 22.7. The highest BCUT2D eigenvalue weighted by Gasteiger charge is 2.40. The molecule has 0 bridgehead atoms. The summed E-state index contributed by atoms with van der Waals surface area (Å²) in [5.41, 5.74) is 4.06. The van der Waals surface area contributed by atoms with Gasteiger partial charge in [0.1, 0.15) is 6.04 Å². The minimum Gasteiger partial charge on any atom is -0.380 e. The Bertz CT molecular complexity index is 982. The van der Waals surface area contributed by atoms with E-state index in [4.69, 9.17) is 4.74 Å². The van der Waals surface area contributed by atoms with Crippen molar-refractivity contribution in [2.75, 3.05) is 44.4 Å². The van der Waals surface area contributed by atoms with E-state index in [0.717, 1.165) is 36.1 Å². The summed E-state index contributed by atoms with van der Waals surface area (Å²) in [5.74, 6) is -0.193. The molecule has 170 valence electrons. The highest BCUT2D eigenvalue weighted by Crippen LogP contribution is 2.25. The van der Waals surface area contributed by atoms with Gasteiger partial charge in [-0.3, -0.25) is 4.79 Å². The lowest BCUT2D eigenvalue weighted by Gasteiger charge is -2.24. The maximum absolute atomic E-state index is 13.2. The van der Waals surface area contributed by atoms with E-state index in [1.54, 1.807) is 12.0 Å². The first kappa shape index (κ1) is 22.8. The van der Waals surface area contributed by atoms with E-state index in [-0.39, 0.29) is 18.0 Å². The number of benzene rings is 2. The predicted octanol–water partition coefficient (Wildman–Crippen LogP) is 3.74. The Morgan fingerprint density at radius 1 is 1.00 bits per heavy atom. The number of ether oxygens (including phenoxy) is 1. The molecule has 2 aromatic carbocycles. The third-order valence-corrected chi connectivity index (χ3v) is 6.78. The second kappa shape index (κ2) is 10.0. The fourth-order valence-corrected chi connectivity index (χ4v) is 4.57. The molecule has 2 aliphatic heterocycles. The summed E-state index contributed by atoms with van der Waals surface area (Å²) in [6.45, 7) is 2.42. The van der Waals surface area contributed by atoms with Crippen LogP contribution in [0.3, 0.4) is 0 Å². The number of carbonyl (C=O) groups is 2. The second-order valence-electron chi connectivity index (χ2n) is 8.47. The van der Waals surface area contributed by atoms with Crippen LogP contribution in [-0.4, -0.2) is 67.7 Å². The first-order valence-electron chi connectivity index (χ1n) is 10.9. The number of likely N-dealkylation sites (N-methyl/N-ethyl adjacent to an activating group) is 1. The van der Waals surface area contributed by atoms with E-state index >= 15 is 0 Å². The zero-order valence-corrected chi connectivity index (χ0v) is 20.0. The number of anilines is 2. The van der Waals surface area contributed by atoms with Crippen LogP contribution in [0.4, 0.5) is 16.2 Å². The Morgan fingerprint density at radius 2 is 1.69 bits per heavy atom. The van der Waals surface area contributed by atoms with E-state index in [9.17, 15) is 9.59 Å². The molecule has 1 fully saturated rings. The molecule has 32 heavy (non-hydrogen) atoms. The Balaban J connectivity index is 1.46. The number of methoxy groups -OCH3 is 1. The lowest BCUT2D eigenvalue weighted by atomic mass is 10.0. The number of fused-ring (bicyclic) bond motifs is 1. The van der Waals surface area contributed by atoms with E-state index in [1.165, 1.54) is 11.1 Å². The Labute approximate surface area is 197 Å². The minimum absolute atomic E-state index is 0.177. The molecule has 7 nitrogen and oxygen atoms in total. The molecule has 0 aliphatic carbocycles. The topological polar surface area (TPSA) is 73.9 Å². The standard InChI is InChI=1S/C24H29BrN4O3/c1-28-11-9-16-3-6-20(13-17(16)10-12-28)26-23(30)22-14-21(32-2)15-29(22)24(31)27-19-7-4-18(25)5-8-19/h3-8,13,21-22H,9-12,14-15H2,1-2H3,(H,26,30)(H,27,31)/t21-,22-/m1/s1. The van der Waals surface area contributed by atoms with E-state index < -0.39 is 6.04 Å². The molecular formula is C24H29BrN4O3. The van der Waals surface area contributed by atoms with Gasteiger partial charge in [-0.15, -0.1) is 0 Å². The van der Waals surface area contributed by atoms with Crippen LogP contribution in [0.25, 0.3) is 0 Å². The molecule has 8 heteroatoms. The van der Waals surface area contributed by atoms with Crippen LogP contribution in [0.15, 0.2) is 46.9 Å². The largest absolute Gasteiger partial charge is 0.380 e. The molecule has 0 radical (unpaired) electrons. The average molecular weight is 501 g/mol. The predicted molar refractivity (Wildman–Crippen MR) is 129 cm³/mol. The van der Waals surface area contributed by atoms with Gasteiger partial charge < -0.3 is 25.2 Å². The summed E-state index contributed by atoms with van der Waals surface area (Å²) in [7, 11) is 3.74. The van der Waals surface area contributed by atoms with Crippen molar-refractivity contribution in [3.63, 3.8) is 0 Å². The molecule has 3 amide bonds. The van der Waals surface area contributed by atoms with Crippen LogP contribution < -0.4 is 10.6 Å². The Kier molecular flexibility index (Phi) is 7.13. The van der Waals surface area contributed by atoms with Crippen molar-refractivity contribution >= 4 is 39.2 Å².